The van der Waals surface area contributed by atoms with E-state index in [2.05, 4.69) is 15.9 Å². The number of halogens is 1. The summed E-state index contributed by atoms with van der Waals surface area (Å²) >= 11 is 3.27. The van der Waals surface area contributed by atoms with Crippen LogP contribution in [-0.2, 0) is 14.8 Å². The van der Waals surface area contributed by atoms with Crippen LogP contribution in [0.1, 0.15) is 13.8 Å². The summed E-state index contributed by atoms with van der Waals surface area (Å²) in [6, 6.07) is 4.85. The molecule has 1 saturated heterocycles. The first kappa shape index (κ1) is 14.8. The topological polar surface area (TPSA) is 72.6 Å². The van der Waals surface area contributed by atoms with Crippen molar-refractivity contribution >= 4 is 31.6 Å². The molecule has 0 saturated carbocycles. The van der Waals surface area contributed by atoms with E-state index in [4.69, 9.17) is 10.5 Å². The van der Waals surface area contributed by atoms with Crippen molar-refractivity contribution in [3.05, 3.63) is 22.7 Å². The van der Waals surface area contributed by atoms with E-state index in [9.17, 15) is 8.42 Å². The normalized spacial score (nSPS) is 25.4. The fourth-order valence-electron chi connectivity index (χ4n) is 2.20. The van der Waals surface area contributed by atoms with Gasteiger partial charge in [-0.3, -0.25) is 0 Å². The van der Waals surface area contributed by atoms with E-state index in [0.717, 1.165) is 0 Å². The Bertz CT molecular complexity index is 566. The van der Waals surface area contributed by atoms with Crippen molar-refractivity contribution in [3.8, 4) is 0 Å². The SMILES string of the molecule is C[C@@H]1CN(S(=O)(=O)c2cc(Br)ccc2N)C[C@H](C)O1. The Kier molecular flexibility index (Phi) is 4.20. The third kappa shape index (κ3) is 3.10. The summed E-state index contributed by atoms with van der Waals surface area (Å²) < 4.78 is 32.9. The van der Waals surface area contributed by atoms with Gasteiger partial charge in [0.15, 0.2) is 0 Å². The Morgan fingerprint density at radius 1 is 1.32 bits per heavy atom. The van der Waals surface area contributed by atoms with Gasteiger partial charge in [0, 0.05) is 17.6 Å². The number of nitrogen functional groups attached to an aromatic ring is 1. The smallest absolute Gasteiger partial charge is 0.245 e. The molecule has 2 atom stereocenters. The molecule has 1 aromatic rings. The summed E-state index contributed by atoms with van der Waals surface area (Å²) in [6.07, 6.45) is -0.237. The predicted molar refractivity (Wildman–Crippen MR) is 77.3 cm³/mol. The molecule has 2 N–H and O–H groups in total. The zero-order valence-corrected chi connectivity index (χ0v) is 13.2. The van der Waals surface area contributed by atoms with E-state index in [1.165, 1.54) is 10.4 Å². The van der Waals surface area contributed by atoms with E-state index < -0.39 is 10.0 Å². The Hall–Kier alpha value is -0.630. The van der Waals surface area contributed by atoms with Crippen molar-refractivity contribution in [2.24, 2.45) is 0 Å². The monoisotopic (exact) mass is 348 g/mol. The Labute approximate surface area is 121 Å². The first-order valence-electron chi connectivity index (χ1n) is 6.01. The second-order valence-electron chi connectivity index (χ2n) is 4.76. The lowest BCUT2D eigenvalue weighted by atomic mass is 10.3. The van der Waals surface area contributed by atoms with Gasteiger partial charge >= 0.3 is 0 Å². The van der Waals surface area contributed by atoms with Crippen molar-refractivity contribution < 1.29 is 13.2 Å². The van der Waals surface area contributed by atoms with Crippen LogP contribution in [0.5, 0.6) is 0 Å². The molecule has 1 fully saturated rings. The molecule has 0 aromatic heterocycles. The predicted octanol–water partition coefficient (Wildman–Crippen LogP) is 1.83. The van der Waals surface area contributed by atoms with Gasteiger partial charge in [-0.15, -0.1) is 0 Å². The summed E-state index contributed by atoms with van der Waals surface area (Å²) in [5.74, 6) is 0. The van der Waals surface area contributed by atoms with Crippen LogP contribution in [0.4, 0.5) is 5.69 Å². The molecular weight excluding hydrogens is 332 g/mol. The average molecular weight is 349 g/mol. The third-order valence-electron chi connectivity index (χ3n) is 2.98. The lowest BCUT2D eigenvalue weighted by molar-refractivity contribution is -0.0440. The number of morpholine rings is 1. The number of ether oxygens (including phenoxy) is 1. The van der Waals surface area contributed by atoms with Gasteiger partial charge in [-0.25, -0.2) is 8.42 Å². The van der Waals surface area contributed by atoms with Crippen LogP contribution in [0, 0.1) is 0 Å². The van der Waals surface area contributed by atoms with Gasteiger partial charge in [0.1, 0.15) is 4.90 Å². The number of sulfonamides is 1. The minimum atomic E-state index is -3.58. The minimum absolute atomic E-state index is 0.119. The molecule has 0 bridgehead atoms. The summed E-state index contributed by atoms with van der Waals surface area (Å²) in [6.45, 7) is 4.42. The summed E-state index contributed by atoms with van der Waals surface area (Å²) in [4.78, 5) is 0.142. The molecule has 0 aliphatic carbocycles. The Balaban J connectivity index is 2.39. The number of nitrogens with two attached hydrogens (primary N) is 1. The minimum Gasteiger partial charge on any atom is -0.398 e. The molecule has 5 nitrogen and oxygen atoms in total. The van der Waals surface area contributed by atoms with Gasteiger partial charge in [0.25, 0.3) is 0 Å². The van der Waals surface area contributed by atoms with Crippen molar-refractivity contribution in [1.29, 1.82) is 0 Å². The molecule has 0 unspecified atom stereocenters. The molecule has 0 radical (unpaired) electrons. The van der Waals surface area contributed by atoms with Gasteiger partial charge in [-0.1, -0.05) is 15.9 Å². The van der Waals surface area contributed by atoms with E-state index in [1.807, 2.05) is 13.8 Å². The van der Waals surface area contributed by atoms with E-state index in [1.54, 1.807) is 12.1 Å². The first-order chi connectivity index (χ1) is 8.80. The van der Waals surface area contributed by atoms with Gasteiger partial charge in [0.05, 0.1) is 17.9 Å². The third-order valence-corrected chi connectivity index (χ3v) is 5.36. The zero-order valence-electron chi connectivity index (χ0n) is 10.8. The number of benzene rings is 1. The molecule has 1 aliphatic heterocycles. The quantitative estimate of drug-likeness (QED) is 0.827. The van der Waals surface area contributed by atoms with Crippen LogP contribution in [0.25, 0.3) is 0 Å². The van der Waals surface area contributed by atoms with E-state index in [0.29, 0.717) is 17.6 Å². The molecule has 106 valence electrons. The molecular formula is C12H17BrN2O3S. The molecule has 1 aromatic carbocycles. The number of hydrogen-bond acceptors (Lipinski definition) is 4. The standard InChI is InChI=1S/C12H17BrN2O3S/c1-8-6-15(7-9(2)18-8)19(16,17)12-5-10(13)3-4-11(12)14/h3-5,8-9H,6-7,14H2,1-2H3/t8-,9+. The average Bonchev–Trinajstić information content (AvgIpc) is 2.31. The van der Waals surface area contributed by atoms with Crippen LogP contribution >= 0.6 is 15.9 Å². The maximum absolute atomic E-state index is 12.6. The van der Waals surface area contributed by atoms with Gasteiger partial charge in [-0.2, -0.15) is 4.31 Å². The highest BCUT2D eigenvalue weighted by molar-refractivity contribution is 9.10. The van der Waals surface area contributed by atoms with Crippen LogP contribution < -0.4 is 5.73 Å². The highest BCUT2D eigenvalue weighted by Gasteiger charge is 2.33. The Morgan fingerprint density at radius 2 is 1.89 bits per heavy atom. The fraction of sp³-hybridized carbons (Fsp3) is 0.500. The van der Waals surface area contributed by atoms with Crippen LogP contribution in [0.2, 0.25) is 0 Å². The Morgan fingerprint density at radius 3 is 2.47 bits per heavy atom. The van der Waals surface area contributed by atoms with Crippen molar-refractivity contribution in [3.63, 3.8) is 0 Å². The van der Waals surface area contributed by atoms with Crippen LogP contribution in [-0.4, -0.2) is 38.0 Å². The van der Waals surface area contributed by atoms with Crippen LogP contribution in [0.3, 0.4) is 0 Å². The molecule has 19 heavy (non-hydrogen) atoms. The highest BCUT2D eigenvalue weighted by Crippen LogP contribution is 2.27. The van der Waals surface area contributed by atoms with Crippen molar-refractivity contribution in [2.75, 3.05) is 18.8 Å². The molecule has 1 heterocycles. The fourth-order valence-corrected chi connectivity index (χ4v) is 4.44. The number of hydrogen-bond donors (Lipinski definition) is 1. The summed E-state index contributed by atoms with van der Waals surface area (Å²) in [7, 11) is -3.58. The number of rotatable bonds is 2. The van der Waals surface area contributed by atoms with E-state index >= 15 is 0 Å². The lowest BCUT2D eigenvalue weighted by Gasteiger charge is -2.34. The lowest BCUT2D eigenvalue weighted by Crippen LogP contribution is -2.48. The molecule has 0 amide bonds. The summed E-state index contributed by atoms with van der Waals surface area (Å²) in [5, 5.41) is 0. The van der Waals surface area contributed by atoms with Crippen molar-refractivity contribution in [2.45, 2.75) is 31.0 Å². The van der Waals surface area contributed by atoms with Crippen LogP contribution in [0.15, 0.2) is 27.6 Å². The molecule has 2 rings (SSSR count). The van der Waals surface area contributed by atoms with Gasteiger partial charge in [0.2, 0.25) is 10.0 Å². The molecule has 0 spiro atoms. The van der Waals surface area contributed by atoms with Gasteiger partial charge in [-0.05, 0) is 32.0 Å². The second kappa shape index (κ2) is 5.40. The molecule has 7 heteroatoms. The second-order valence-corrected chi connectivity index (χ2v) is 7.58. The zero-order chi connectivity index (χ0) is 14.2. The largest absolute Gasteiger partial charge is 0.398 e. The van der Waals surface area contributed by atoms with E-state index in [-0.39, 0.29) is 22.8 Å². The highest BCUT2D eigenvalue weighted by atomic mass is 79.9. The number of anilines is 1. The number of nitrogens with zero attached hydrogens (tertiary/aromatic N) is 1. The maximum atomic E-state index is 12.6. The molecule has 1 aliphatic rings. The summed E-state index contributed by atoms with van der Waals surface area (Å²) in [5.41, 5.74) is 6.05. The van der Waals surface area contributed by atoms with Gasteiger partial charge < -0.3 is 10.5 Å². The van der Waals surface area contributed by atoms with Crippen molar-refractivity contribution in [1.82, 2.24) is 4.31 Å². The maximum Gasteiger partial charge on any atom is 0.245 e. The first-order valence-corrected chi connectivity index (χ1v) is 8.24.